The molecule has 6 rings (SSSR count). The van der Waals surface area contributed by atoms with E-state index < -0.39 is 23.3 Å². The van der Waals surface area contributed by atoms with Crippen LogP contribution in [0.15, 0.2) is 48.9 Å². The molecule has 1 aliphatic heterocycles. The average Bonchev–Trinajstić information content (AvgIpc) is 3.28. The number of pyridine rings is 1. The zero-order valence-electron chi connectivity index (χ0n) is 21.6. The zero-order valence-corrected chi connectivity index (χ0v) is 21.6. The Kier molecular flexibility index (Phi) is 6.54. The summed E-state index contributed by atoms with van der Waals surface area (Å²) in [4.78, 5) is 8.72. The summed E-state index contributed by atoms with van der Waals surface area (Å²) in [5.41, 5.74) is 8.01. The van der Waals surface area contributed by atoms with Gasteiger partial charge in [0.15, 0.2) is 0 Å². The second kappa shape index (κ2) is 9.91. The Morgan fingerprint density at radius 2 is 1.92 bits per heavy atom. The van der Waals surface area contributed by atoms with Crippen molar-refractivity contribution in [3.63, 3.8) is 0 Å². The Balaban J connectivity index is 1.34. The highest BCUT2D eigenvalue weighted by Crippen LogP contribution is 2.40. The van der Waals surface area contributed by atoms with Crippen LogP contribution in [0.5, 0.6) is 0 Å². The molecule has 3 aromatic heterocycles. The number of nitrogens with zero attached hydrogens (tertiary/aromatic N) is 4. The third-order valence-electron chi connectivity index (χ3n) is 8.05. The van der Waals surface area contributed by atoms with Gasteiger partial charge in [-0.15, -0.1) is 0 Å². The molecule has 204 valence electrons. The largest absolute Gasteiger partial charge is 0.391 e. The minimum absolute atomic E-state index is 0.0583. The fraction of sp³-hybridized carbons (Fsp3) is 0.393. The van der Waals surface area contributed by atoms with Crippen LogP contribution in [0.4, 0.5) is 20.4 Å². The summed E-state index contributed by atoms with van der Waals surface area (Å²) in [5, 5.41) is 18.1. The van der Waals surface area contributed by atoms with E-state index in [1.807, 2.05) is 13.0 Å². The number of methoxy groups -OCH3 is 1. The minimum Gasteiger partial charge on any atom is -0.391 e. The lowest BCUT2D eigenvalue weighted by molar-refractivity contribution is -0.202. The predicted octanol–water partition coefficient (Wildman–Crippen LogP) is 3.89. The van der Waals surface area contributed by atoms with Crippen molar-refractivity contribution in [1.82, 2.24) is 19.6 Å². The molecule has 2 fully saturated rings. The van der Waals surface area contributed by atoms with Gasteiger partial charge in [-0.1, -0.05) is 6.92 Å². The number of rotatable bonds is 6. The summed E-state index contributed by atoms with van der Waals surface area (Å²) < 4.78 is 42.8. The number of anilines is 2. The van der Waals surface area contributed by atoms with Crippen LogP contribution >= 0.6 is 0 Å². The fourth-order valence-corrected chi connectivity index (χ4v) is 5.69. The van der Waals surface area contributed by atoms with E-state index in [1.54, 1.807) is 30.7 Å². The molecule has 1 aromatic carbocycles. The van der Waals surface area contributed by atoms with Gasteiger partial charge in [0.05, 0.1) is 54.2 Å². The zero-order chi connectivity index (χ0) is 27.3. The van der Waals surface area contributed by atoms with Gasteiger partial charge >= 0.3 is 0 Å². The van der Waals surface area contributed by atoms with Gasteiger partial charge in [-0.3, -0.25) is 4.98 Å². The molecule has 4 heterocycles. The summed E-state index contributed by atoms with van der Waals surface area (Å²) in [6.07, 6.45) is 5.94. The number of hydrogen-bond donors (Lipinski definition) is 3. The van der Waals surface area contributed by atoms with Crippen molar-refractivity contribution in [2.75, 3.05) is 25.6 Å². The number of hydrogen-bond acceptors (Lipinski definition) is 8. The van der Waals surface area contributed by atoms with Gasteiger partial charge in [-0.25, -0.2) is 13.8 Å². The first-order chi connectivity index (χ1) is 18.8. The highest BCUT2D eigenvalue weighted by atomic mass is 19.1. The molecule has 9 nitrogen and oxygen atoms in total. The normalized spacial score (nSPS) is 24.5. The monoisotopic (exact) mass is 536 g/mol. The van der Waals surface area contributed by atoms with Crippen LogP contribution in [-0.4, -0.2) is 57.2 Å². The second-order valence-electron chi connectivity index (χ2n) is 10.5. The number of aromatic nitrogens is 4. The molecule has 0 amide bonds. The molecule has 1 saturated heterocycles. The maximum absolute atomic E-state index is 15.3. The van der Waals surface area contributed by atoms with Gasteiger partial charge in [0.1, 0.15) is 17.2 Å². The average molecular weight is 537 g/mol. The van der Waals surface area contributed by atoms with Crippen molar-refractivity contribution in [3.8, 4) is 11.3 Å². The van der Waals surface area contributed by atoms with Crippen LogP contribution in [0, 0.1) is 17.6 Å². The molecule has 0 unspecified atom stereocenters. The summed E-state index contributed by atoms with van der Waals surface area (Å²) in [6.45, 7) is 2.47. The molecule has 1 saturated carbocycles. The van der Waals surface area contributed by atoms with E-state index >= 15 is 8.78 Å². The van der Waals surface area contributed by atoms with E-state index in [-0.39, 0.29) is 42.3 Å². The molecule has 4 N–H and O–H groups in total. The molecule has 2 aliphatic rings. The van der Waals surface area contributed by atoms with Crippen molar-refractivity contribution < 1.29 is 23.4 Å². The Bertz CT molecular complexity index is 1480. The van der Waals surface area contributed by atoms with E-state index in [2.05, 4.69) is 20.4 Å². The van der Waals surface area contributed by atoms with Gasteiger partial charge < -0.3 is 25.6 Å². The smallest absolute Gasteiger partial charge is 0.229 e. The van der Waals surface area contributed by atoms with Gasteiger partial charge in [0, 0.05) is 19.3 Å². The topological polar surface area (TPSA) is 120 Å². The standard InChI is InChI=1S/C28H30F2N6O3/c1-15-7-16(8-22(31)26(15)37)19-5-6-32-12-24(19)34-27-33-11-18-3-4-23(35-36(18)27)25-20(29)9-17(10-21(25)30)28(38-2)13-39-14-28/h3-6,9-12,15-16,22,26,37H,7-8,13-14,31H2,1-2H3,(H,33,34)/t15-,16+,22+,26+/m0/s1. The number of aliphatic hydroxyl groups excluding tert-OH is 1. The van der Waals surface area contributed by atoms with Crippen molar-refractivity contribution >= 4 is 17.2 Å². The second-order valence-corrected chi connectivity index (χ2v) is 10.5. The quantitative estimate of drug-likeness (QED) is 0.340. The third kappa shape index (κ3) is 4.45. The number of benzene rings is 1. The number of ether oxygens (including phenoxy) is 2. The van der Waals surface area contributed by atoms with Crippen LogP contribution in [-0.2, 0) is 15.1 Å². The highest BCUT2D eigenvalue weighted by molar-refractivity contribution is 5.66. The van der Waals surface area contributed by atoms with Crippen molar-refractivity contribution in [1.29, 1.82) is 0 Å². The molecule has 4 atom stereocenters. The van der Waals surface area contributed by atoms with Crippen molar-refractivity contribution in [2.45, 2.75) is 43.4 Å². The number of halogens is 2. The molecule has 39 heavy (non-hydrogen) atoms. The van der Waals surface area contributed by atoms with Gasteiger partial charge in [-0.05, 0) is 66.1 Å². The molecule has 1 aliphatic carbocycles. The SMILES string of the molecule is COC1(c2cc(F)c(-c3ccc4cnc(Nc5cnccc5[C@H]5C[C@@H](N)[C@H](O)[C@@H](C)C5)n4n3)c(F)c2)COC1. The van der Waals surface area contributed by atoms with E-state index in [0.29, 0.717) is 23.4 Å². The molecular weight excluding hydrogens is 506 g/mol. The van der Waals surface area contributed by atoms with Crippen LogP contribution in [0.3, 0.4) is 0 Å². The third-order valence-corrected chi connectivity index (χ3v) is 8.05. The minimum atomic E-state index is -0.849. The van der Waals surface area contributed by atoms with Crippen molar-refractivity contribution in [3.05, 3.63) is 71.7 Å². The lowest BCUT2D eigenvalue weighted by Gasteiger charge is -2.40. The number of nitrogens with two attached hydrogens (primary N) is 1. The van der Waals surface area contributed by atoms with Crippen molar-refractivity contribution in [2.24, 2.45) is 11.7 Å². The molecule has 0 radical (unpaired) electrons. The van der Waals surface area contributed by atoms with Crippen LogP contribution in [0.25, 0.3) is 16.8 Å². The summed E-state index contributed by atoms with van der Waals surface area (Å²) >= 11 is 0. The lowest BCUT2D eigenvalue weighted by atomic mass is 9.74. The first kappa shape index (κ1) is 25.8. The number of imidazole rings is 1. The van der Waals surface area contributed by atoms with Gasteiger partial charge in [-0.2, -0.15) is 9.61 Å². The van der Waals surface area contributed by atoms with E-state index in [1.165, 1.54) is 23.8 Å². The first-order valence-corrected chi connectivity index (χ1v) is 12.9. The Morgan fingerprint density at radius 3 is 2.59 bits per heavy atom. The number of fused-ring (bicyclic) bond motifs is 1. The molecule has 4 aromatic rings. The first-order valence-electron chi connectivity index (χ1n) is 12.9. The number of nitrogens with one attached hydrogen (secondary N) is 1. The lowest BCUT2D eigenvalue weighted by Crippen LogP contribution is -2.48. The Morgan fingerprint density at radius 1 is 1.15 bits per heavy atom. The molecule has 0 bridgehead atoms. The Labute approximate surface area is 224 Å². The molecule has 0 spiro atoms. The predicted molar refractivity (Wildman–Crippen MR) is 140 cm³/mol. The summed E-state index contributed by atoms with van der Waals surface area (Å²) in [5.74, 6) is -0.930. The highest BCUT2D eigenvalue weighted by Gasteiger charge is 2.42. The molecular formula is C28H30F2N6O3. The van der Waals surface area contributed by atoms with Gasteiger partial charge in [0.2, 0.25) is 5.95 Å². The summed E-state index contributed by atoms with van der Waals surface area (Å²) in [6, 6.07) is 7.44. The van der Waals surface area contributed by atoms with Crippen LogP contribution in [0.1, 0.15) is 36.8 Å². The van der Waals surface area contributed by atoms with Crippen LogP contribution in [0.2, 0.25) is 0 Å². The van der Waals surface area contributed by atoms with E-state index in [4.69, 9.17) is 15.2 Å². The van der Waals surface area contributed by atoms with Crippen LogP contribution < -0.4 is 11.1 Å². The molecule has 11 heteroatoms. The Hall–Kier alpha value is -3.51. The van der Waals surface area contributed by atoms with Gasteiger partial charge in [0.25, 0.3) is 0 Å². The maximum atomic E-state index is 15.3. The summed E-state index contributed by atoms with van der Waals surface area (Å²) in [7, 11) is 1.50. The van der Waals surface area contributed by atoms with E-state index in [9.17, 15) is 5.11 Å². The van der Waals surface area contributed by atoms with E-state index in [0.717, 1.165) is 17.7 Å². The number of aliphatic hydroxyl groups is 1. The maximum Gasteiger partial charge on any atom is 0.229 e. The fourth-order valence-electron chi connectivity index (χ4n) is 5.69.